The molecular formula is C20H16ClNO6. The highest BCUT2D eigenvalue weighted by atomic mass is 35.5. The molecule has 0 unspecified atom stereocenters. The molecule has 0 radical (unpaired) electrons. The van der Waals surface area contributed by atoms with E-state index in [2.05, 4.69) is 5.32 Å². The maximum atomic E-state index is 11.9. The Morgan fingerprint density at radius 3 is 2.64 bits per heavy atom. The van der Waals surface area contributed by atoms with Gasteiger partial charge < -0.3 is 19.5 Å². The zero-order valence-corrected chi connectivity index (χ0v) is 15.6. The van der Waals surface area contributed by atoms with Gasteiger partial charge in [-0.25, -0.2) is 4.79 Å². The zero-order chi connectivity index (χ0) is 20.1. The first-order chi connectivity index (χ1) is 13.4. The van der Waals surface area contributed by atoms with Crippen LogP contribution in [0.5, 0.6) is 11.5 Å². The molecule has 0 fully saturated rings. The number of hydrogen-bond donors (Lipinski definition) is 1. The molecule has 1 amide bonds. The molecule has 2 aromatic carbocycles. The summed E-state index contributed by atoms with van der Waals surface area (Å²) in [4.78, 5) is 34.9. The molecule has 1 N–H and O–H groups in total. The first kappa shape index (κ1) is 19.4. The third-order valence-electron chi connectivity index (χ3n) is 3.78. The second kappa shape index (κ2) is 8.58. The summed E-state index contributed by atoms with van der Waals surface area (Å²) >= 11 is 6.07. The molecule has 0 saturated carbocycles. The molecule has 1 aliphatic heterocycles. The normalized spacial score (nSPS) is 12.1. The van der Waals surface area contributed by atoms with Crippen LogP contribution in [0.15, 0.2) is 42.5 Å². The van der Waals surface area contributed by atoms with Gasteiger partial charge in [-0.1, -0.05) is 11.6 Å². The van der Waals surface area contributed by atoms with Gasteiger partial charge in [0.15, 0.2) is 23.9 Å². The number of ketones is 1. The molecule has 1 aliphatic rings. The van der Waals surface area contributed by atoms with Crippen LogP contribution in [-0.2, 0) is 14.3 Å². The molecule has 1 heterocycles. The summed E-state index contributed by atoms with van der Waals surface area (Å²) in [6.45, 7) is 1.11. The van der Waals surface area contributed by atoms with Crippen molar-refractivity contribution in [2.45, 2.75) is 6.92 Å². The summed E-state index contributed by atoms with van der Waals surface area (Å²) in [6.07, 6.45) is 2.68. The van der Waals surface area contributed by atoms with E-state index >= 15 is 0 Å². The molecule has 3 rings (SSSR count). The van der Waals surface area contributed by atoms with Crippen LogP contribution in [0.25, 0.3) is 6.08 Å². The van der Waals surface area contributed by atoms with Crippen LogP contribution in [-0.4, -0.2) is 31.1 Å². The number of halogens is 1. The van der Waals surface area contributed by atoms with Crippen molar-refractivity contribution in [2.75, 3.05) is 18.7 Å². The molecule has 2 aromatic rings. The topological polar surface area (TPSA) is 90.9 Å². The standard InChI is InChI=1S/C20H16ClNO6/c1-12(23)14-3-5-15(6-4-14)22-18(24)10-26-19(25)7-2-13-8-16(21)20-17(9-13)27-11-28-20/h2-9H,10-11H2,1H3,(H,22,24)/b7-2+. The molecule has 144 valence electrons. The van der Waals surface area contributed by atoms with Crippen molar-refractivity contribution >= 4 is 41.0 Å². The predicted octanol–water partition coefficient (Wildman–Crippen LogP) is 3.47. The van der Waals surface area contributed by atoms with Gasteiger partial charge in [0.1, 0.15) is 0 Å². The molecular weight excluding hydrogens is 386 g/mol. The lowest BCUT2D eigenvalue weighted by Gasteiger charge is -2.06. The van der Waals surface area contributed by atoms with E-state index in [1.807, 2.05) is 0 Å². The number of anilines is 1. The second-order valence-corrected chi connectivity index (χ2v) is 6.27. The number of esters is 1. The van der Waals surface area contributed by atoms with Crippen molar-refractivity contribution in [3.05, 3.63) is 58.6 Å². The van der Waals surface area contributed by atoms with Crippen LogP contribution in [0.4, 0.5) is 5.69 Å². The molecule has 28 heavy (non-hydrogen) atoms. The first-order valence-corrected chi connectivity index (χ1v) is 8.65. The molecule has 0 aliphatic carbocycles. The molecule has 7 nitrogen and oxygen atoms in total. The maximum absolute atomic E-state index is 11.9. The maximum Gasteiger partial charge on any atom is 0.331 e. The van der Waals surface area contributed by atoms with Gasteiger partial charge in [-0.15, -0.1) is 0 Å². The predicted molar refractivity (Wildman–Crippen MR) is 103 cm³/mol. The number of carbonyl (C=O) groups is 3. The van der Waals surface area contributed by atoms with Crippen molar-refractivity contribution in [3.63, 3.8) is 0 Å². The molecule has 0 aromatic heterocycles. The Kier molecular flexibility index (Phi) is 5.96. The number of hydrogen-bond acceptors (Lipinski definition) is 6. The van der Waals surface area contributed by atoms with E-state index in [9.17, 15) is 14.4 Å². The van der Waals surface area contributed by atoms with Crippen molar-refractivity contribution < 1.29 is 28.6 Å². The fourth-order valence-electron chi connectivity index (χ4n) is 2.42. The molecule has 0 saturated heterocycles. The quantitative estimate of drug-likeness (QED) is 0.453. The molecule has 0 atom stereocenters. The highest BCUT2D eigenvalue weighted by molar-refractivity contribution is 6.32. The fraction of sp³-hybridized carbons (Fsp3) is 0.150. The van der Waals surface area contributed by atoms with E-state index in [0.717, 1.165) is 0 Å². The Labute approximate surface area is 165 Å². The minimum atomic E-state index is -0.684. The van der Waals surface area contributed by atoms with Crippen molar-refractivity contribution in [1.29, 1.82) is 0 Å². The van der Waals surface area contributed by atoms with Crippen LogP contribution in [0, 0.1) is 0 Å². The average molecular weight is 402 g/mol. The number of rotatable bonds is 6. The summed E-state index contributed by atoms with van der Waals surface area (Å²) in [7, 11) is 0. The van der Waals surface area contributed by atoms with Gasteiger partial charge in [-0.3, -0.25) is 9.59 Å². The van der Waals surface area contributed by atoms with Crippen molar-refractivity contribution in [2.24, 2.45) is 0 Å². The number of nitrogens with one attached hydrogen (secondary N) is 1. The molecule has 0 spiro atoms. The summed E-state index contributed by atoms with van der Waals surface area (Å²) in [5.41, 5.74) is 1.66. The van der Waals surface area contributed by atoms with Crippen molar-refractivity contribution in [3.8, 4) is 11.5 Å². The minimum absolute atomic E-state index is 0.0673. The van der Waals surface area contributed by atoms with Crippen LogP contribution in [0.3, 0.4) is 0 Å². The largest absolute Gasteiger partial charge is 0.454 e. The Hall–Kier alpha value is -3.32. The van der Waals surface area contributed by atoms with E-state index in [1.165, 1.54) is 19.1 Å². The van der Waals surface area contributed by atoms with Gasteiger partial charge >= 0.3 is 5.97 Å². The fourth-order valence-corrected chi connectivity index (χ4v) is 2.69. The summed E-state index contributed by atoms with van der Waals surface area (Å²) < 4.78 is 15.4. The first-order valence-electron chi connectivity index (χ1n) is 8.27. The van der Waals surface area contributed by atoms with Gasteiger partial charge in [0.2, 0.25) is 6.79 Å². The summed E-state index contributed by atoms with van der Waals surface area (Å²) in [5, 5.41) is 2.95. The van der Waals surface area contributed by atoms with Gasteiger partial charge in [0, 0.05) is 17.3 Å². The highest BCUT2D eigenvalue weighted by Gasteiger charge is 2.17. The highest BCUT2D eigenvalue weighted by Crippen LogP contribution is 2.40. The average Bonchev–Trinajstić information content (AvgIpc) is 3.14. The number of benzene rings is 2. The lowest BCUT2D eigenvalue weighted by atomic mass is 10.1. The Morgan fingerprint density at radius 2 is 1.93 bits per heavy atom. The van der Waals surface area contributed by atoms with E-state index in [1.54, 1.807) is 36.4 Å². The monoisotopic (exact) mass is 401 g/mol. The van der Waals surface area contributed by atoms with Gasteiger partial charge in [0.05, 0.1) is 5.02 Å². The summed E-state index contributed by atoms with van der Waals surface area (Å²) in [6, 6.07) is 9.69. The van der Waals surface area contributed by atoms with E-state index in [4.69, 9.17) is 25.8 Å². The Morgan fingerprint density at radius 1 is 1.18 bits per heavy atom. The van der Waals surface area contributed by atoms with Gasteiger partial charge in [-0.2, -0.15) is 0 Å². The van der Waals surface area contributed by atoms with Crippen LogP contribution >= 0.6 is 11.6 Å². The smallest absolute Gasteiger partial charge is 0.331 e. The lowest BCUT2D eigenvalue weighted by Crippen LogP contribution is -2.20. The lowest BCUT2D eigenvalue weighted by molar-refractivity contribution is -0.142. The number of carbonyl (C=O) groups excluding carboxylic acids is 3. The van der Waals surface area contributed by atoms with Crippen molar-refractivity contribution in [1.82, 2.24) is 0 Å². The van der Waals surface area contributed by atoms with E-state index in [-0.39, 0.29) is 12.6 Å². The summed E-state index contributed by atoms with van der Waals surface area (Å²) in [5.74, 6) is -0.285. The third-order valence-corrected chi connectivity index (χ3v) is 4.06. The van der Waals surface area contributed by atoms with Gasteiger partial charge in [0.25, 0.3) is 5.91 Å². The van der Waals surface area contributed by atoms with Crippen LogP contribution in [0.1, 0.15) is 22.8 Å². The number of amides is 1. The number of ether oxygens (including phenoxy) is 3. The Bertz CT molecular complexity index is 952. The second-order valence-electron chi connectivity index (χ2n) is 5.86. The van der Waals surface area contributed by atoms with Crippen LogP contribution < -0.4 is 14.8 Å². The third kappa shape index (κ3) is 4.89. The van der Waals surface area contributed by atoms with Crippen LogP contribution in [0.2, 0.25) is 5.02 Å². The molecule has 0 bridgehead atoms. The van der Waals surface area contributed by atoms with E-state index in [0.29, 0.717) is 33.3 Å². The molecule has 8 heteroatoms. The van der Waals surface area contributed by atoms with E-state index < -0.39 is 18.5 Å². The minimum Gasteiger partial charge on any atom is -0.454 e. The number of fused-ring (bicyclic) bond motifs is 1. The SMILES string of the molecule is CC(=O)c1ccc(NC(=O)COC(=O)/C=C/c2cc(Cl)c3c(c2)OCO3)cc1. The Balaban J connectivity index is 1.50. The van der Waals surface area contributed by atoms with Gasteiger partial charge in [-0.05, 0) is 55.0 Å². The number of Topliss-reactive ketones (excluding diaryl/α,β-unsaturated/α-hetero) is 1. The zero-order valence-electron chi connectivity index (χ0n) is 14.9.